The van der Waals surface area contributed by atoms with E-state index in [-0.39, 0.29) is 18.4 Å². The van der Waals surface area contributed by atoms with Crippen molar-refractivity contribution in [2.75, 3.05) is 6.79 Å². The molecule has 20 heavy (non-hydrogen) atoms. The van der Waals surface area contributed by atoms with Gasteiger partial charge in [0.25, 0.3) is 0 Å². The third-order valence-corrected chi connectivity index (χ3v) is 3.38. The van der Waals surface area contributed by atoms with Gasteiger partial charge in [0.2, 0.25) is 12.4 Å². The predicted molar refractivity (Wildman–Crippen MR) is 74.9 cm³/mol. The van der Waals surface area contributed by atoms with E-state index < -0.39 is 0 Å². The second kappa shape index (κ2) is 5.38. The van der Waals surface area contributed by atoms with Gasteiger partial charge in [0, 0.05) is 30.4 Å². The van der Waals surface area contributed by atoms with Crippen molar-refractivity contribution >= 4 is 0 Å². The van der Waals surface area contributed by atoms with Crippen LogP contribution in [0.3, 0.4) is 0 Å². The summed E-state index contributed by atoms with van der Waals surface area (Å²) in [5.41, 5.74) is 1.92. The molecule has 0 saturated heterocycles. The van der Waals surface area contributed by atoms with E-state index in [1.165, 1.54) is 0 Å². The molecule has 5 nitrogen and oxygen atoms in total. The highest BCUT2D eigenvalue weighted by molar-refractivity contribution is 5.48. The average molecular weight is 272 g/mol. The fourth-order valence-electron chi connectivity index (χ4n) is 2.24. The lowest BCUT2D eigenvalue weighted by Gasteiger charge is -2.14. The van der Waals surface area contributed by atoms with Crippen LogP contribution in [0.5, 0.6) is 11.5 Å². The largest absolute Gasteiger partial charge is 0.454 e. The summed E-state index contributed by atoms with van der Waals surface area (Å²) in [4.78, 5) is 13.9. The Hall–Kier alpha value is -2.27. The van der Waals surface area contributed by atoms with Crippen LogP contribution in [0.15, 0.2) is 41.3 Å². The highest BCUT2D eigenvalue weighted by atomic mass is 16.7. The van der Waals surface area contributed by atoms with Gasteiger partial charge < -0.3 is 19.8 Å². The molecule has 0 spiro atoms. The zero-order valence-corrected chi connectivity index (χ0v) is 11.2. The number of hydrogen-bond acceptors (Lipinski definition) is 4. The summed E-state index contributed by atoms with van der Waals surface area (Å²) < 4.78 is 10.8. The first-order valence-corrected chi connectivity index (χ1v) is 6.53. The fourth-order valence-corrected chi connectivity index (χ4v) is 2.24. The third-order valence-electron chi connectivity index (χ3n) is 3.38. The standard InChI is InChI=1S/C15H16N2O3/c1-10(11-5-6-16-14(18)7-11)17-8-12-3-2-4-13-15(12)20-9-19-13/h2-7,10,17H,8-9H2,1H3,(H,16,18). The van der Waals surface area contributed by atoms with E-state index in [0.717, 1.165) is 22.6 Å². The molecule has 5 heteroatoms. The maximum Gasteiger partial charge on any atom is 0.248 e. The highest BCUT2D eigenvalue weighted by Gasteiger charge is 2.17. The molecule has 0 amide bonds. The van der Waals surface area contributed by atoms with Crippen LogP contribution < -0.4 is 20.3 Å². The maximum atomic E-state index is 11.3. The Morgan fingerprint density at radius 3 is 3.10 bits per heavy atom. The first-order valence-electron chi connectivity index (χ1n) is 6.53. The third kappa shape index (κ3) is 2.53. The van der Waals surface area contributed by atoms with Crippen LogP contribution in [0, 0.1) is 0 Å². The molecule has 2 N–H and O–H groups in total. The summed E-state index contributed by atoms with van der Waals surface area (Å²) in [6.07, 6.45) is 1.66. The summed E-state index contributed by atoms with van der Waals surface area (Å²) in [5.74, 6) is 1.59. The second-order valence-electron chi connectivity index (χ2n) is 4.74. The van der Waals surface area contributed by atoms with Crippen molar-refractivity contribution in [2.24, 2.45) is 0 Å². The molecular formula is C15H16N2O3. The van der Waals surface area contributed by atoms with Gasteiger partial charge in [-0.1, -0.05) is 12.1 Å². The molecule has 0 radical (unpaired) electrons. The summed E-state index contributed by atoms with van der Waals surface area (Å²) in [7, 11) is 0. The molecule has 1 aromatic heterocycles. The number of benzene rings is 1. The van der Waals surface area contributed by atoms with Gasteiger partial charge >= 0.3 is 0 Å². The molecular weight excluding hydrogens is 256 g/mol. The first-order chi connectivity index (χ1) is 9.74. The minimum atomic E-state index is -0.0894. The Bertz CT molecular complexity index is 666. The normalized spacial score (nSPS) is 14.2. The minimum absolute atomic E-state index is 0.0791. The number of hydrogen-bond donors (Lipinski definition) is 2. The molecule has 2 aromatic rings. The van der Waals surface area contributed by atoms with E-state index >= 15 is 0 Å². The second-order valence-corrected chi connectivity index (χ2v) is 4.74. The smallest absolute Gasteiger partial charge is 0.248 e. The molecule has 1 aliphatic heterocycles. The van der Waals surface area contributed by atoms with Crippen molar-refractivity contribution in [3.63, 3.8) is 0 Å². The van der Waals surface area contributed by atoms with Crippen LogP contribution in [0.2, 0.25) is 0 Å². The van der Waals surface area contributed by atoms with Crippen LogP contribution >= 0.6 is 0 Å². The molecule has 3 rings (SSSR count). The quantitative estimate of drug-likeness (QED) is 0.893. The summed E-state index contributed by atoms with van der Waals surface area (Å²) >= 11 is 0. The van der Waals surface area contributed by atoms with E-state index in [1.54, 1.807) is 12.3 Å². The van der Waals surface area contributed by atoms with Gasteiger partial charge in [0.05, 0.1) is 0 Å². The number of para-hydroxylation sites is 1. The Morgan fingerprint density at radius 2 is 2.25 bits per heavy atom. The number of pyridine rings is 1. The van der Waals surface area contributed by atoms with Crippen molar-refractivity contribution in [3.8, 4) is 11.5 Å². The van der Waals surface area contributed by atoms with E-state index in [2.05, 4.69) is 10.3 Å². The van der Waals surface area contributed by atoms with Crippen LogP contribution in [-0.2, 0) is 6.54 Å². The zero-order valence-electron chi connectivity index (χ0n) is 11.2. The SMILES string of the molecule is CC(NCc1cccc2c1OCO2)c1cc[nH]c(=O)c1. The molecule has 1 unspecified atom stereocenters. The number of ether oxygens (including phenoxy) is 2. The molecule has 104 valence electrons. The van der Waals surface area contributed by atoms with E-state index in [1.807, 2.05) is 31.2 Å². The molecule has 0 aliphatic carbocycles. The van der Waals surface area contributed by atoms with Gasteiger partial charge in [-0.25, -0.2) is 0 Å². The highest BCUT2D eigenvalue weighted by Crippen LogP contribution is 2.35. The Labute approximate surface area is 116 Å². The zero-order chi connectivity index (χ0) is 13.9. The van der Waals surface area contributed by atoms with Crippen molar-refractivity contribution in [1.82, 2.24) is 10.3 Å². The van der Waals surface area contributed by atoms with Crippen molar-refractivity contribution in [2.45, 2.75) is 19.5 Å². The van der Waals surface area contributed by atoms with Gasteiger partial charge in [-0.15, -0.1) is 0 Å². The summed E-state index contributed by atoms with van der Waals surface area (Å²) in [6, 6.07) is 9.43. The Kier molecular flexibility index (Phi) is 3.43. The average Bonchev–Trinajstić information content (AvgIpc) is 2.93. The molecule has 0 fully saturated rings. The van der Waals surface area contributed by atoms with Crippen LogP contribution in [0.1, 0.15) is 24.1 Å². The monoisotopic (exact) mass is 272 g/mol. The lowest BCUT2D eigenvalue weighted by Crippen LogP contribution is -2.20. The van der Waals surface area contributed by atoms with Crippen molar-refractivity contribution in [3.05, 3.63) is 58.0 Å². The van der Waals surface area contributed by atoms with Gasteiger partial charge in [0.1, 0.15) is 0 Å². The Balaban J connectivity index is 1.71. The molecule has 0 saturated carbocycles. The maximum absolute atomic E-state index is 11.3. The molecule has 1 atom stereocenters. The molecule has 0 bridgehead atoms. The van der Waals surface area contributed by atoms with Crippen molar-refractivity contribution < 1.29 is 9.47 Å². The molecule has 1 aliphatic rings. The molecule has 2 heterocycles. The predicted octanol–water partition coefficient (Wildman–Crippen LogP) is 1.95. The lowest BCUT2D eigenvalue weighted by atomic mass is 10.1. The van der Waals surface area contributed by atoms with E-state index in [9.17, 15) is 4.79 Å². The summed E-state index contributed by atoms with van der Waals surface area (Å²) in [6.45, 7) is 2.95. The topological polar surface area (TPSA) is 63.4 Å². The number of rotatable bonds is 4. The summed E-state index contributed by atoms with van der Waals surface area (Å²) in [5, 5.41) is 3.38. The van der Waals surface area contributed by atoms with Crippen LogP contribution in [-0.4, -0.2) is 11.8 Å². The van der Waals surface area contributed by atoms with E-state index in [0.29, 0.717) is 6.54 Å². The number of nitrogens with one attached hydrogen (secondary N) is 2. The van der Waals surface area contributed by atoms with Gasteiger partial charge in [-0.2, -0.15) is 0 Å². The molecule has 1 aromatic carbocycles. The fraction of sp³-hybridized carbons (Fsp3) is 0.267. The van der Waals surface area contributed by atoms with Crippen molar-refractivity contribution in [1.29, 1.82) is 0 Å². The number of aromatic nitrogens is 1. The van der Waals surface area contributed by atoms with Crippen LogP contribution in [0.25, 0.3) is 0 Å². The first kappa shape index (κ1) is 12.7. The number of H-pyrrole nitrogens is 1. The van der Waals surface area contributed by atoms with Gasteiger partial charge in [-0.3, -0.25) is 4.79 Å². The lowest BCUT2D eigenvalue weighted by molar-refractivity contribution is 0.173. The number of fused-ring (bicyclic) bond motifs is 1. The van der Waals surface area contributed by atoms with E-state index in [4.69, 9.17) is 9.47 Å². The van der Waals surface area contributed by atoms with Gasteiger partial charge in [-0.05, 0) is 24.6 Å². The minimum Gasteiger partial charge on any atom is -0.454 e. The Morgan fingerprint density at radius 1 is 1.35 bits per heavy atom. The van der Waals surface area contributed by atoms with Gasteiger partial charge in [0.15, 0.2) is 11.5 Å². The van der Waals surface area contributed by atoms with Crippen LogP contribution in [0.4, 0.5) is 0 Å². The number of aromatic amines is 1.